The van der Waals surface area contributed by atoms with E-state index >= 15 is 0 Å². The van der Waals surface area contributed by atoms with Crippen LogP contribution >= 0.6 is 0 Å². The molecule has 0 bridgehead atoms. The fourth-order valence-corrected chi connectivity index (χ4v) is 3.84. The van der Waals surface area contributed by atoms with Crippen molar-refractivity contribution in [2.45, 2.75) is 64.6 Å². The van der Waals surface area contributed by atoms with Crippen molar-refractivity contribution in [1.29, 1.82) is 0 Å². The van der Waals surface area contributed by atoms with Crippen LogP contribution < -0.4 is 0 Å². The van der Waals surface area contributed by atoms with Crippen LogP contribution in [0.5, 0.6) is 0 Å². The van der Waals surface area contributed by atoms with Crippen molar-refractivity contribution < 1.29 is 19.1 Å². The molecule has 0 N–H and O–H groups in total. The Morgan fingerprint density at radius 2 is 0.941 bits per heavy atom. The average Bonchev–Trinajstić information content (AvgIpc) is 2.89. The molecule has 0 radical (unpaired) electrons. The van der Waals surface area contributed by atoms with Gasteiger partial charge in [-0.2, -0.15) is 0 Å². The highest BCUT2D eigenvalue weighted by molar-refractivity contribution is 5.93. The summed E-state index contributed by atoms with van der Waals surface area (Å²) < 4.78 is 11.7. The maximum Gasteiger partial charge on any atom is 0.338 e. The second kappa shape index (κ2) is 13.3. The summed E-state index contributed by atoms with van der Waals surface area (Å²) in [6.07, 6.45) is 4.97. The zero-order valence-electron chi connectivity index (χ0n) is 20.1. The molecule has 0 aliphatic rings. The van der Waals surface area contributed by atoms with Crippen molar-refractivity contribution in [1.82, 2.24) is 0 Å². The zero-order valence-corrected chi connectivity index (χ0v) is 20.1. The maximum absolute atomic E-state index is 12.8. The monoisotopic (exact) mass is 458 g/mol. The molecule has 3 aromatic rings. The molecular formula is C30H34O4. The van der Waals surface area contributed by atoms with Crippen LogP contribution in [0.15, 0.2) is 84.9 Å². The number of esters is 2. The lowest BCUT2D eigenvalue weighted by molar-refractivity contribution is 0.0257. The number of carbonyl (C=O) groups excluding carboxylic acids is 2. The highest BCUT2D eigenvalue weighted by atomic mass is 16.5. The van der Waals surface area contributed by atoms with E-state index < -0.39 is 11.9 Å². The maximum atomic E-state index is 12.8. The molecule has 0 spiro atoms. The lowest BCUT2D eigenvalue weighted by Crippen LogP contribution is -2.14. The van der Waals surface area contributed by atoms with E-state index in [-0.39, 0.29) is 12.2 Å². The molecule has 0 saturated carbocycles. The third-order valence-electron chi connectivity index (χ3n) is 5.84. The van der Waals surface area contributed by atoms with Gasteiger partial charge in [-0.25, -0.2) is 9.59 Å². The number of benzene rings is 3. The molecule has 3 aromatic carbocycles. The van der Waals surface area contributed by atoms with Gasteiger partial charge in [0.15, 0.2) is 0 Å². The first-order valence-corrected chi connectivity index (χ1v) is 12.2. The summed E-state index contributed by atoms with van der Waals surface area (Å²) in [4.78, 5) is 25.6. The second-order valence-electron chi connectivity index (χ2n) is 8.47. The first-order chi connectivity index (χ1) is 16.6. The molecule has 0 heterocycles. The lowest BCUT2D eigenvalue weighted by atomic mass is 10.0. The summed E-state index contributed by atoms with van der Waals surface area (Å²) in [6, 6.07) is 26.1. The second-order valence-corrected chi connectivity index (χ2v) is 8.47. The fourth-order valence-electron chi connectivity index (χ4n) is 3.84. The highest BCUT2D eigenvalue weighted by Gasteiger charge is 2.20. The van der Waals surface area contributed by atoms with Crippen molar-refractivity contribution in [2.75, 3.05) is 0 Å². The van der Waals surface area contributed by atoms with Gasteiger partial charge in [0.25, 0.3) is 0 Å². The van der Waals surface area contributed by atoms with Crippen molar-refractivity contribution >= 4 is 11.9 Å². The quantitative estimate of drug-likeness (QED) is 0.259. The topological polar surface area (TPSA) is 52.6 Å². The average molecular weight is 459 g/mol. The van der Waals surface area contributed by atoms with Gasteiger partial charge in [-0.1, -0.05) is 87.4 Å². The van der Waals surface area contributed by atoms with E-state index in [1.54, 1.807) is 24.3 Å². The van der Waals surface area contributed by atoms with Gasteiger partial charge < -0.3 is 9.47 Å². The van der Waals surface area contributed by atoms with Crippen molar-refractivity contribution in [3.8, 4) is 0 Å². The number of hydrogen-bond acceptors (Lipinski definition) is 4. The van der Waals surface area contributed by atoms with E-state index in [0.29, 0.717) is 11.1 Å². The molecule has 3 rings (SSSR count). The Balaban J connectivity index is 1.66. The van der Waals surface area contributed by atoms with Gasteiger partial charge in [0, 0.05) is 0 Å². The van der Waals surface area contributed by atoms with Crippen LogP contribution in [0.2, 0.25) is 0 Å². The van der Waals surface area contributed by atoms with Crippen LogP contribution in [0.4, 0.5) is 0 Å². The third-order valence-corrected chi connectivity index (χ3v) is 5.84. The molecule has 2 unspecified atom stereocenters. The molecule has 0 amide bonds. The highest BCUT2D eigenvalue weighted by Crippen LogP contribution is 2.26. The SMILES string of the molecule is CCCCC(OC(=O)c1ccc(C(=O)OC(CCCC)c2ccccc2)cc1)c1ccccc1. The normalized spacial score (nSPS) is 12.5. The summed E-state index contributed by atoms with van der Waals surface area (Å²) in [6.45, 7) is 4.23. The Kier molecular flexibility index (Phi) is 9.90. The molecule has 0 aromatic heterocycles. The predicted molar refractivity (Wildman–Crippen MR) is 135 cm³/mol. The van der Waals surface area contributed by atoms with Crippen LogP contribution in [0.1, 0.15) is 96.4 Å². The molecule has 2 atom stereocenters. The Labute approximate surface area is 202 Å². The zero-order chi connectivity index (χ0) is 24.2. The van der Waals surface area contributed by atoms with Crippen molar-refractivity contribution in [3.63, 3.8) is 0 Å². The minimum Gasteiger partial charge on any atom is -0.454 e. The Hall–Kier alpha value is -3.40. The first kappa shape index (κ1) is 25.2. The van der Waals surface area contributed by atoms with Crippen LogP contribution in [0.3, 0.4) is 0 Å². The van der Waals surface area contributed by atoms with Gasteiger partial charge in [-0.05, 0) is 61.1 Å². The van der Waals surface area contributed by atoms with Gasteiger partial charge in [0.1, 0.15) is 12.2 Å². The van der Waals surface area contributed by atoms with E-state index in [4.69, 9.17) is 9.47 Å². The first-order valence-electron chi connectivity index (χ1n) is 12.2. The minimum absolute atomic E-state index is 0.288. The summed E-state index contributed by atoms with van der Waals surface area (Å²) in [5, 5.41) is 0. The molecule has 0 aliphatic heterocycles. The van der Waals surface area contributed by atoms with Crippen LogP contribution in [-0.2, 0) is 9.47 Å². The summed E-state index contributed by atoms with van der Waals surface area (Å²) >= 11 is 0. The number of hydrogen-bond donors (Lipinski definition) is 0. The van der Waals surface area contributed by atoms with Crippen molar-refractivity contribution in [3.05, 3.63) is 107 Å². The molecular weight excluding hydrogens is 424 g/mol. The largest absolute Gasteiger partial charge is 0.454 e. The number of ether oxygens (including phenoxy) is 2. The van der Waals surface area contributed by atoms with E-state index in [1.807, 2.05) is 60.7 Å². The Morgan fingerprint density at radius 1 is 0.588 bits per heavy atom. The molecule has 0 saturated heterocycles. The number of carbonyl (C=O) groups is 2. The summed E-state index contributed by atoms with van der Waals surface area (Å²) in [5.41, 5.74) is 2.81. The molecule has 0 fully saturated rings. The summed E-state index contributed by atoms with van der Waals surface area (Å²) in [5.74, 6) is -0.787. The third kappa shape index (κ3) is 7.31. The van der Waals surface area contributed by atoms with Gasteiger partial charge in [-0.15, -0.1) is 0 Å². The van der Waals surface area contributed by atoms with Gasteiger partial charge in [0.2, 0.25) is 0 Å². The van der Waals surface area contributed by atoms with Crippen LogP contribution in [0, 0.1) is 0 Å². The summed E-state index contributed by atoms with van der Waals surface area (Å²) in [7, 11) is 0. The van der Waals surface area contributed by atoms with E-state index in [2.05, 4.69) is 13.8 Å². The fraction of sp³-hybridized carbons (Fsp3) is 0.333. The van der Waals surface area contributed by atoms with Gasteiger partial charge in [0.05, 0.1) is 11.1 Å². The van der Waals surface area contributed by atoms with E-state index in [0.717, 1.165) is 49.7 Å². The van der Waals surface area contributed by atoms with Crippen LogP contribution in [0.25, 0.3) is 0 Å². The number of rotatable bonds is 12. The smallest absolute Gasteiger partial charge is 0.338 e. The van der Waals surface area contributed by atoms with E-state index in [9.17, 15) is 9.59 Å². The Morgan fingerprint density at radius 3 is 1.26 bits per heavy atom. The standard InChI is InChI=1S/C30H34O4/c1-3-5-17-27(23-13-9-7-10-14-23)33-29(31)25-19-21-26(22-20-25)30(32)34-28(18-6-4-2)24-15-11-8-12-16-24/h7-16,19-22,27-28H,3-6,17-18H2,1-2H3. The molecule has 178 valence electrons. The van der Waals surface area contributed by atoms with Gasteiger partial charge >= 0.3 is 11.9 Å². The number of unbranched alkanes of at least 4 members (excludes halogenated alkanes) is 2. The van der Waals surface area contributed by atoms with E-state index in [1.165, 1.54) is 0 Å². The van der Waals surface area contributed by atoms with Gasteiger partial charge in [-0.3, -0.25) is 0 Å². The molecule has 0 aliphatic carbocycles. The van der Waals surface area contributed by atoms with Crippen molar-refractivity contribution in [2.24, 2.45) is 0 Å². The lowest BCUT2D eigenvalue weighted by Gasteiger charge is -2.19. The molecule has 4 nitrogen and oxygen atoms in total. The Bertz CT molecular complexity index is 928. The van der Waals surface area contributed by atoms with Crippen LogP contribution in [-0.4, -0.2) is 11.9 Å². The molecule has 4 heteroatoms. The predicted octanol–water partition coefficient (Wildman–Crippen LogP) is 7.86. The molecule has 34 heavy (non-hydrogen) atoms. The minimum atomic E-state index is -0.394.